The first-order valence-electron chi connectivity index (χ1n) is 18.0. The van der Waals surface area contributed by atoms with Gasteiger partial charge in [-0.15, -0.1) is 0 Å². The minimum absolute atomic E-state index is 0.595. The second kappa shape index (κ2) is 12.1. The van der Waals surface area contributed by atoms with Crippen LogP contribution in [0, 0.1) is 0 Å². The third-order valence-electron chi connectivity index (χ3n) is 10.3. The molecule has 0 unspecified atom stereocenters. The monoisotopic (exact) mass is 691 g/mol. The van der Waals surface area contributed by atoms with Crippen LogP contribution in [0.15, 0.2) is 185 Å². The number of hydrogen-bond donors (Lipinski definition) is 0. The molecule has 11 rings (SSSR count). The van der Waals surface area contributed by atoms with E-state index in [1.807, 2.05) is 66.7 Å². The van der Waals surface area contributed by atoms with Crippen LogP contribution in [-0.2, 0) is 0 Å². The molecule has 3 heterocycles. The summed E-state index contributed by atoms with van der Waals surface area (Å²) >= 11 is 0. The Labute approximate surface area is 309 Å². The molecule has 0 aliphatic rings. The van der Waals surface area contributed by atoms with Gasteiger partial charge in [-0.3, -0.25) is 0 Å². The van der Waals surface area contributed by atoms with Crippen LogP contribution in [0.5, 0.6) is 0 Å². The Balaban J connectivity index is 1.01. The third kappa shape index (κ3) is 4.98. The molecule has 0 atom stereocenters. The Morgan fingerprint density at radius 1 is 0.296 bits per heavy atom. The summed E-state index contributed by atoms with van der Waals surface area (Å²) in [4.78, 5) is 15.1. The van der Waals surface area contributed by atoms with E-state index in [2.05, 4.69) is 109 Å². The molecule has 0 saturated carbocycles. The predicted molar refractivity (Wildman–Crippen MR) is 219 cm³/mol. The van der Waals surface area contributed by atoms with Gasteiger partial charge in [-0.05, 0) is 69.4 Å². The lowest BCUT2D eigenvalue weighted by molar-refractivity contribution is 0.668. The largest absolute Gasteiger partial charge is 0.456 e. The number of aromatic nitrogens is 3. The Bertz CT molecular complexity index is 3210. The highest BCUT2D eigenvalue weighted by molar-refractivity contribution is 6.13. The van der Waals surface area contributed by atoms with Crippen molar-refractivity contribution in [2.75, 3.05) is 0 Å². The van der Waals surface area contributed by atoms with Gasteiger partial charge in [0.05, 0.1) is 0 Å². The maximum absolute atomic E-state index is 6.49. The van der Waals surface area contributed by atoms with Gasteiger partial charge in [0.1, 0.15) is 22.3 Å². The molecule has 0 bridgehead atoms. The summed E-state index contributed by atoms with van der Waals surface area (Å²) in [6, 6.07) is 60.5. The number of para-hydroxylation sites is 1. The van der Waals surface area contributed by atoms with Crippen LogP contribution < -0.4 is 0 Å². The minimum Gasteiger partial charge on any atom is -0.456 e. The van der Waals surface area contributed by atoms with Crippen LogP contribution in [0.25, 0.3) is 111 Å². The normalized spacial score (nSPS) is 11.7. The molecule has 0 N–H and O–H groups in total. The van der Waals surface area contributed by atoms with E-state index in [4.69, 9.17) is 23.8 Å². The molecule has 0 radical (unpaired) electrons. The number of benzene rings is 8. The second-order valence-electron chi connectivity index (χ2n) is 13.6. The smallest absolute Gasteiger partial charge is 0.164 e. The van der Waals surface area contributed by atoms with Gasteiger partial charge < -0.3 is 8.83 Å². The summed E-state index contributed by atoms with van der Waals surface area (Å²) in [5.41, 5.74) is 10.6. The van der Waals surface area contributed by atoms with E-state index < -0.39 is 0 Å². The van der Waals surface area contributed by atoms with Gasteiger partial charge in [0.25, 0.3) is 0 Å². The summed E-state index contributed by atoms with van der Waals surface area (Å²) in [7, 11) is 0. The van der Waals surface area contributed by atoms with Crippen molar-refractivity contribution in [3.05, 3.63) is 176 Å². The van der Waals surface area contributed by atoms with Crippen molar-refractivity contribution in [2.24, 2.45) is 0 Å². The number of furan rings is 2. The highest BCUT2D eigenvalue weighted by atomic mass is 16.3. The highest BCUT2D eigenvalue weighted by Crippen LogP contribution is 2.40. The van der Waals surface area contributed by atoms with Crippen LogP contribution in [0.1, 0.15) is 0 Å². The zero-order chi connectivity index (χ0) is 35.6. The lowest BCUT2D eigenvalue weighted by Crippen LogP contribution is -2.00. The number of fused-ring (bicyclic) bond motifs is 7. The van der Waals surface area contributed by atoms with Crippen LogP contribution in [-0.4, -0.2) is 15.0 Å². The lowest BCUT2D eigenvalue weighted by atomic mass is 9.97. The summed E-state index contributed by atoms with van der Waals surface area (Å²) in [6.07, 6.45) is 0. The average molecular weight is 692 g/mol. The van der Waals surface area contributed by atoms with Gasteiger partial charge in [-0.1, -0.05) is 140 Å². The van der Waals surface area contributed by atoms with Gasteiger partial charge in [0.15, 0.2) is 17.5 Å². The summed E-state index contributed by atoms with van der Waals surface area (Å²) in [6.45, 7) is 0. The molecular weight excluding hydrogens is 663 g/mol. The fourth-order valence-corrected chi connectivity index (χ4v) is 7.72. The molecule has 0 amide bonds. The average Bonchev–Trinajstić information content (AvgIpc) is 3.82. The molecule has 11 aromatic rings. The standard InChI is InChI=1S/C49H29N3O2/c1-2-11-32(12-3-1)47-50-48(52-49(51-47)40-16-9-19-43-46(40)38-14-6-7-17-41(38)53-43)33-23-21-31(22-24-33)37-15-8-18-42-45(37)39-27-26-36(29-44(39)54-42)35-25-20-30-10-4-5-13-34(30)28-35/h1-29H. The molecule has 8 aromatic carbocycles. The predicted octanol–water partition coefficient (Wildman–Crippen LogP) is 13.2. The van der Waals surface area contributed by atoms with Crippen molar-refractivity contribution in [1.82, 2.24) is 15.0 Å². The van der Waals surface area contributed by atoms with Crippen molar-refractivity contribution in [1.29, 1.82) is 0 Å². The summed E-state index contributed by atoms with van der Waals surface area (Å²) in [5, 5.41) is 6.66. The topological polar surface area (TPSA) is 65.0 Å². The molecule has 0 saturated heterocycles. The van der Waals surface area contributed by atoms with Gasteiger partial charge in [0.2, 0.25) is 0 Å². The maximum Gasteiger partial charge on any atom is 0.164 e. The number of rotatable bonds is 5. The molecule has 3 aromatic heterocycles. The van der Waals surface area contributed by atoms with Crippen molar-refractivity contribution >= 4 is 54.6 Å². The molecule has 5 heteroatoms. The van der Waals surface area contributed by atoms with Crippen LogP contribution in [0.3, 0.4) is 0 Å². The van der Waals surface area contributed by atoms with E-state index in [0.717, 1.165) is 77.3 Å². The summed E-state index contributed by atoms with van der Waals surface area (Å²) < 4.78 is 12.7. The fourth-order valence-electron chi connectivity index (χ4n) is 7.72. The molecule has 5 nitrogen and oxygen atoms in total. The van der Waals surface area contributed by atoms with Gasteiger partial charge in [-0.25, -0.2) is 15.0 Å². The van der Waals surface area contributed by atoms with Crippen LogP contribution in [0.4, 0.5) is 0 Å². The zero-order valence-corrected chi connectivity index (χ0v) is 28.9. The van der Waals surface area contributed by atoms with E-state index in [-0.39, 0.29) is 0 Å². The molecular formula is C49H29N3O2. The van der Waals surface area contributed by atoms with E-state index in [1.54, 1.807) is 0 Å². The Kier molecular flexibility index (Phi) is 6.79. The first-order valence-corrected chi connectivity index (χ1v) is 18.0. The SMILES string of the molecule is c1ccc(-c2nc(-c3ccc(-c4cccc5oc6cc(-c7ccc8ccccc8c7)ccc6c45)cc3)nc(-c3cccc4oc5ccccc5c34)n2)cc1. The van der Waals surface area contributed by atoms with Crippen molar-refractivity contribution in [2.45, 2.75) is 0 Å². The molecule has 0 aliphatic carbocycles. The minimum atomic E-state index is 0.595. The Morgan fingerprint density at radius 3 is 1.65 bits per heavy atom. The van der Waals surface area contributed by atoms with E-state index in [9.17, 15) is 0 Å². The van der Waals surface area contributed by atoms with Crippen molar-refractivity contribution < 1.29 is 8.83 Å². The summed E-state index contributed by atoms with van der Waals surface area (Å²) in [5.74, 6) is 1.81. The Morgan fingerprint density at radius 2 is 0.833 bits per heavy atom. The van der Waals surface area contributed by atoms with Crippen molar-refractivity contribution in [3.63, 3.8) is 0 Å². The Hall–Kier alpha value is -7.37. The first-order chi connectivity index (χ1) is 26.7. The molecule has 252 valence electrons. The number of nitrogens with zero attached hydrogens (tertiary/aromatic N) is 3. The van der Waals surface area contributed by atoms with Gasteiger partial charge >= 0.3 is 0 Å². The van der Waals surface area contributed by atoms with Gasteiger partial charge in [-0.2, -0.15) is 0 Å². The molecule has 0 aliphatic heterocycles. The third-order valence-corrected chi connectivity index (χ3v) is 10.3. The van der Waals surface area contributed by atoms with Crippen LogP contribution >= 0.6 is 0 Å². The number of hydrogen-bond acceptors (Lipinski definition) is 5. The fraction of sp³-hybridized carbons (Fsp3) is 0. The van der Waals surface area contributed by atoms with Gasteiger partial charge in [0, 0.05) is 38.2 Å². The first kappa shape index (κ1) is 30.3. The zero-order valence-electron chi connectivity index (χ0n) is 28.9. The molecule has 54 heavy (non-hydrogen) atoms. The molecule has 0 fully saturated rings. The maximum atomic E-state index is 6.49. The van der Waals surface area contributed by atoms with E-state index >= 15 is 0 Å². The highest BCUT2D eigenvalue weighted by Gasteiger charge is 2.19. The quantitative estimate of drug-likeness (QED) is 0.180. The molecule has 0 spiro atoms. The second-order valence-corrected chi connectivity index (χ2v) is 13.6. The van der Waals surface area contributed by atoms with Crippen molar-refractivity contribution in [3.8, 4) is 56.4 Å². The lowest BCUT2D eigenvalue weighted by Gasteiger charge is -2.10. The van der Waals surface area contributed by atoms with E-state index in [0.29, 0.717) is 17.5 Å². The van der Waals surface area contributed by atoms with Crippen LogP contribution in [0.2, 0.25) is 0 Å². The van der Waals surface area contributed by atoms with E-state index in [1.165, 1.54) is 16.3 Å².